The number of carbonyl (C=O) groups excluding carboxylic acids is 1. The average molecular weight is 375 g/mol. The van der Waals surface area contributed by atoms with Gasteiger partial charge in [-0.2, -0.15) is 0 Å². The lowest BCUT2D eigenvalue weighted by Crippen LogP contribution is -2.52. The van der Waals surface area contributed by atoms with Crippen LogP contribution in [0.4, 0.5) is 0 Å². The van der Waals surface area contributed by atoms with E-state index in [2.05, 4.69) is 26.8 Å². The SMILES string of the molecule is COC(=O)C1=C[C@@H]2CC[C@@H]3[C@H](CC[C@]4(C)[C@@H](C(C)CO)CC[C@@H]34)[C@@]2(C)CC1. The van der Waals surface area contributed by atoms with Gasteiger partial charge in [-0.25, -0.2) is 4.79 Å². The van der Waals surface area contributed by atoms with Gasteiger partial charge in [-0.3, -0.25) is 0 Å². The quantitative estimate of drug-likeness (QED) is 0.709. The van der Waals surface area contributed by atoms with Gasteiger partial charge in [0.05, 0.1) is 7.11 Å². The first-order valence-electron chi connectivity index (χ1n) is 11.2. The fraction of sp³-hybridized carbons (Fsp3) is 0.875. The molecule has 0 amide bonds. The fourth-order valence-electron chi connectivity index (χ4n) is 8.26. The summed E-state index contributed by atoms with van der Waals surface area (Å²) in [4.78, 5) is 12.0. The Labute approximate surface area is 164 Å². The number of allylic oxidation sites excluding steroid dienone is 1. The zero-order valence-electron chi connectivity index (χ0n) is 17.7. The Bertz CT molecular complexity index is 625. The average Bonchev–Trinajstić information content (AvgIpc) is 3.03. The first-order valence-corrected chi connectivity index (χ1v) is 11.2. The van der Waals surface area contributed by atoms with Gasteiger partial charge in [0.1, 0.15) is 0 Å². The Morgan fingerprint density at radius 1 is 1.15 bits per heavy atom. The van der Waals surface area contributed by atoms with Crippen LogP contribution in [0.5, 0.6) is 0 Å². The molecular formula is C24H38O3. The molecule has 3 heteroatoms. The lowest BCUT2D eigenvalue weighted by Gasteiger charge is -2.60. The third-order valence-corrected chi connectivity index (χ3v) is 9.77. The molecule has 0 heterocycles. The predicted octanol–water partition coefficient (Wildman–Crippen LogP) is 4.98. The number of aliphatic hydroxyl groups is 1. The van der Waals surface area contributed by atoms with Crippen LogP contribution in [0, 0.1) is 46.3 Å². The summed E-state index contributed by atoms with van der Waals surface area (Å²) >= 11 is 0. The van der Waals surface area contributed by atoms with Gasteiger partial charge in [0.15, 0.2) is 0 Å². The number of hydrogen-bond acceptors (Lipinski definition) is 3. The number of ether oxygens (including phenoxy) is 1. The monoisotopic (exact) mass is 374 g/mol. The molecule has 0 radical (unpaired) electrons. The van der Waals surface area contributed by atoms with Gasteiger partial charge in [-0.1, -0.05) is 26.8 Å². The topological polar surface area (TPSA) is 46.5 Å². The Morgan fingerprint density at radius 2 is 1.89 bits per heavy atom. The van der Waals surface area contributed by atoms with E-state index in [4.69, 9.17) is 4.74 Å². The van der Waals surface area contributed by atoms with Crippen molar-refractivity contribution in [2.45, 2.75) is 72.1 Å². The predicted molar refractivity (Wildman–Crippen MR) is 107 cm³/mol. The molecule has 0 aliphatic heterocycles. The highest BCUT2D eigenvalue weighted by molar-refractivity contribution is 5.88. The summed E-state index contributed by atoms with van der Waals surface area (Å²) < 4.78 is 5.00. The highest BCUT2D eigenvalue weighted by Gasteiger charge is 2.60. The molecule has 0 aromatic heterocycles. The first-order chi connectivity index (χ1) is 12.8. The second kappa shape index (κ2) is 6.90. The maximum absolute atomic E-state index is 12.0. The maximum Gasteiger partial charge on any atom is 0.333 e. The van der Waals surface area contributed by atoms with Crippen LogP contribution in [0.2, 0.25) is 0 Å². The third kappa shape index (κ3) is 2.82. The molecule has 8 atom stereocenters. The molecule has 0 bridgehead atoms. The molecule has 152 valence electrons. The van der Waals surface area contributed by atoms with Crippen molar-refractivity contribution in [2.24, 2.45) is 46.3 Å². The van der Waals surface area contributed by atoms with Crippen LogP contribution < -0.4 is 0 Å². The summed E-state index contributed by atoms with van der Waals surface area (Å²) in [5.41, 5.74) is 1.69. The van der Waals surface area contributed by atoms with Crippen molar-refractivity contribution in [2.75, 3.05) is 13.7 Å². The van der Waals surface area contributed by atoms with E-state index in [-0.39, 0.29) is 5.97 Å². The smallest absolute Gasteiger partial charge is 0.333 e. The molecule has 3 fully saturated rings. The van der Waals surface area contributed by atoms with Gasteiger partial charge in [0, 0.05) is 12.2 Å². The largest absolute Gasteiger partial charge is 0.466 e. The lowest BCUT2D eigenvalue weighted by atomic mass is 9.45. The molecule has 0 aromatic rings. The van der Waals surface area contributed by atoms with E-state index in [1.165, 1.54) is 45.6 Å². The Morgan fingerprint density at radius 3 is 2.59 bits per heavy atom. The summed E-state index contributed by atoms with van der Waals surface area (Å²) in [6, 6.07) is 0. The standard InChI is InChI=1S/C24H38O3/c1-15(14-25)19-7-8-20-18-6-5-17-13-16(22(26)27-4)9-11-23(17,2)21(18)10-12-24(19,20)3/h13,15,17-21,25H,5-12,14H2,1-4H3/t15?,17-,18-,19+,20-,21-,23-,24+/m0/s1. The van der Waals surface area contributed by atoms with Crippen molar-refractivity contribution in [3.8, 4) is 0 Å². The molecule has 3 nitrogen and oxygen atoms in total. The zero-order valence-corrected chi connectivity index (χ0v) is 17.7. The van der Waals surface area contributed by atoms with Crippen LogP contribution in [0.15, 0.2) is 11.6 Å². The van der Waals surface area contributed by atoms with E-state index in [9.17, 15) is 9.90 Å². The van der Waals surface area contributed by atoms with E-state index in [0.29, 0.717) is 35.2 Å². The number of esters is 1. The summed E-state index contributed by atoms with van der Waals surface area (Å²) in [7, 11) is 1.50. The highest BCUT2D eigenvalue weighted by Crippen LogP contribution is 2.67. The number of rotatable bonds is 3. The Balaban J connectivity index is 1.58. The van der Waals surface area contributed by atoms with Crippen molar-refractivity contribution in [1.29, 1.82) is 0 Å². The first kappa shape index (κ1) is 19.5. The molecule has 4 rings (SSSR count). The van der Waals surface area contributed by atoms with Crippen molar-refractivity contribution >= 4 is 5.97 Å². The second-order valence-electron chi connectivity index (χ2n) is 10.6. The van der Waals surface area contributed by atoms with E-state index in [1.54, 1.807) is 0 Å². The van der Waals surface area contributed by atoms with E-state index >= 15 is 0 Å². The molecular weight excluding hydrogens is 336 g/mol. The molecule has 4 aliphatic carbocycles. The molecule has 1 N–H and O–H groups in total. The fourth-order valence-corrected chi connectivity index (χ4v) is 8.26. The number of methoxy groups -OCH3 is 1. The second-order valence-corrected chi connectivity index (χ2v) is 10.6. The van der Waals surface area contributed by atoms with Crippen LogP contribution in [0.3, 0.4) is 0 Å². The van der Waals surface area contributed by atoms with Crippen molar-refractivity contribution in [1.82, 2.24) is 0 Å². The lowest BCUT2D eigenvalue weighted by molar-refractivity contribution is -0.137. The minimum Gasteiger partial charge on any atom is -0.466 e. The molecule has 4 aliphatic rings. The Kier molecular flexibility index (Phi) is 4.98. The van der Waals surface area contributed by atoms with E-state index < -0.39 is 0 Å². The van der Waals surface area contributed by atoms with E-state index in [0.717, 1.165) is 36.2 Å². The molecule has 3 saturated carbocycles. The molecule has 0 aromatic carbocycles. The van der Waals surface area contributed by atoms with Crippen LogP contribution >= 0.6 is 0 Å². The molecule has 27 heavy (non-hydrogen) atoms. The van der Waals surface area contributed by atoms with Gasteiger partial charge >= 0.3 is 5.97 Å². The number of carbonyl (C=O) groups is 1. The molecule has 1 unspecified atom stereocenters. The van der Waals surface area contributed by atoms with Gasteiger partial charge < -0.3 is 9.84 Å². The highest BCUT2D eigenvalue weighted by atomic mass is 16.5. The molecule has 0 spiro atoms. The summed E-state index contributed by atoms with van der Waals surface area (Å²) in [5, 5.41) is 9.77. The number of fused-ring (bicyclic) bond motifs is 5. The van der Waals surface area contributed by atoms with Crippen LogP contribution in [0.25, 0.3) is 0 Å². The van der Waals surface area contributed by atoms with Crippen molar-refractivity contribution < 1.29 is 14.6 Å². The minimum absolute atomic E-state index is 0.119. The van der Waals surface area contributed by atoms with Crippen LogP contribution in [-0.2, 0) is 9.53 Å². The van der Waals surface area contributed by atoms with Gasteiger partial charge in [-0.05, 0) is 97.7 Å². The molecule has 0 saturated heterocycles. The summed E-state index contributed by atoms with van der Waals surface area (Å²) in [6.07, 6.45) is 12.2. The zero-order chi connectivity index (χ0) is 19.4. The number of aliphatic hydroxyl groups excluding tert-OH is 1. The van der Waals surface area contributed by atoms with Gasteiger partial charge in [0.2, 0.25) is 0 Å². The Hall–Kier alpha value is -0.830. The van der Waals surface area contributed by atoms with Crippen molar-refractivity contribution in [3.63, 3.8) is 0 Å². The van der Waals surface area contributed by atoms with Crippen molar-refractivity contribution in [3.05, 3.63) is 11.6 Å². The van der Waals surface area contributed by atoms with Gasteiger partial charge in [-0.15, -0.1) is 0 Å². The summed E-state index contributed by atoms with van der Waals surface area (Å²) in [6.45, 7) is 7.65. The maximum atomic E-state index is 12.0. The van der Waals surface area contributed by atoms with Crippen LogP contribution in [-0.4, -0.2) is 24.8 Å². The normalized spacial score (nSPS) is 47.3. The van der Waals surface area contributed by atoms with Crippen LogP contribution in [0.1, 0.15) is 72.1 Å². The van der Waals surface area contributed by atoms with Gasteiger partial charge in [0.25, 0.3) is 0 Å². The van der Waals surface area contributed by atoms with E-state index in [1.807, 2.05) is 0 Å². The minimum atomic E-state index is -0.119. The third-order valence-electron chi connectivity index (χ3n) is 9.77. The summed E-state index contributed by atoms with van der Waals surface area (Å²) in [5.74, 6) is 4.02. The number of hydrogen-bond donors (Lipinski definition) is 1.